The molecule has 0 radical (unpaired) electrons. The molecule has 0 unspecified atom stereocenters. The second-order valence-electron chi connectivity index (χ2n) is 5.84. The summed E-state index contributed by atoms with van der Waals surface area (Å²) in [5, 5.41) is 12.2. The number of hydrogen-bond acceptors (Lipinski definition) is 3. The molecule has 6 nitrogen and oxygen atoms in total. The number of nitrogens with one attached hydrogen (secondary N) is 3. The van der Waals surface area contributed by atoms with Crippen molar-refractivity contribution in [3.8, 4) is 11.3 Å². The zero-order chi connectivity index (χ0) is 18.7. The largest absolute Gasteiger partial charge is 0.326 e. The van der Waals surface area contributed by atoms with Gasteiger partial charge in [-0.3, -0.25) is 14.7 Å². The number of benzene rings is 2. The summed E-state index contributed by atoms with van der Waals surface area (Å²) >= 11 is 0. The van der Waals surface area contributed by atoms with Gasteiger partial charge in [-0.25, -0.2) is 4.39 Å². The van der Waals surface area contributed by atoms with Gasteiger partial charge < -0.3 is 10.6 Å². The summed E-state index contributed by atoms with van der Waals surface area (Å²) in [4.78, 5) is 23.3. The monoisotopic (exact) mass is 352 g/mol. The van der Waals surface area contributed by atoms with E-state index < -0.39 is 0 Å². The minimum absolute atomic E-state index is 0.164. The Morgan fingerprint density at radius 1 is 1.00 bits per heavy atom. The minimum atomic E-state index is -0.352. The molecule has 0 saturated carbocycles. The number of carbonyl (C=O) groups is 2. The van der Waals surface area contributed by atoms with Crippen molar-refractivity contribution >= 4 is 23.2 Å². The van der Waals surface area contributed by atoms with Gasteiger partial charge in [0.05, 0.1) is 5.69 Å². The number of amides is 2. The number of nitrogens with zero attached hydrogens (tertiary/aromatic N) is 1. The Morgan fingerprint density at radius 3 is 2.27 bits per heavy atom. The second-order valence-corrected chi connectivity index (χ2v) is 5.84. The maximum Gasteiger partial charge on any atom is 0.273 e. The Balaban J connectivity index is 1.71. The van der Waals surface area contributed by atoms with E-state index in [1.165, 1.54) is 13.0 Å². The van der Waals surface area contributed by atoms with Gasteiger partial charge in [-0.15, -0.1) is 0 Å². The van der Waals surface area contributed by atoms with E-state index in [-0.39, 0.29) is 23.3 Å². The fourth-order valence-electron chi connectivity index (χ4n) is 2.43. The maximum atomic E-state index is 13.4. The van der Waals surface area contributed by atoms with Crippen LogP contribution in [0.2, 0.25) is 0 Å². The highest BCUT2D eigenvalue weighted by Gasteiger charge is 2.12. The van der Waals surface area contributed by atoms with Gasteiger partial charge in [-0.2, -0.15) is 5.10 Å². The molecule has 3 aromatic rings. The standard InChI is InChI=1S/C19H17FN4O2/c1-11-9-13(3-8-16(11)20)17-10-18(24-23-17)19(26)22-15-6-4-14(5-7-15)21-12(2)25/h3-10H,1-2H3,(H,21,25)(H,22,26)(H,23,24). The van der Waals surface area contributed by atoms with Crippen LogP contribution in [0, 0.1) is 12.7 Å². The summed E-state index contributed by atoms with van der Waals surface area (Å²) in [6.07, 6.45) is 0. The normalized spacial score (nSPS) is 10.4. The van der Waals surface area contributed by atoms with Gasteiger partial charge in [0, 0.05) is 23.9 Å². The van der Waals surface area contributed by atoms with Crippen LogP contribution in [0.15, 0.2) is 48.5 Å². The molecule has 132 valence electrons. The highest BCUT2D eigenvalue weighted by molar-refractivity contribution is 6.03. The highest BCUT2D eigenvalue weighted by atomic mass is 19.1. The predicted molar refractivity (Wildman–Crippen MR) is 97.4 cm³/mol. The van der Waals surface area contributed by atoms with Crippen molar-refractivity contribution in [3.63, 3.8) is 0 Å². The number of aromatic amines is 1. The lowest BCUT2D eigenvalue weighted by Crippen LogP contribution is -2.12. The average molecular weight is 352 g/mol. The number of aryl methyl sites for hydroxylation is 1. The zero-order valence-electron chi connectivity index (χ0n) is 14.3. The fourth-order valence-corrected chi connectivity index (χ4v) is 2.43. The van der Waals surface area contributed by atoms with E-state index >= 15 is 0 Å². The molecule has 0 aliphatic heterocycles. The molecule has 0 spiro atoms. The van der Waals surface area contributed by atoms with Crippen LogP contribution >= 0.6 is 0 Å². The molecule has 2 aromatic carbocycles. The molecule has 0 aliphatic carbocycles. The van der Waals surface area contributed by atoms with Crippen LogP contribution in [0.4, 0.5) is 15.8 Å². The lowest BCUT2D eigenvalue weighted by atomic mass is 10.1. The Hall–Kier alpha value is -3.48. The molecule has 1 heterocycles. The van der Waals surface area contributed by atoms with Gasteiger partial charge >= 0.3 is 0 Å². The first-order valence-corrected chi connectivity index (χ1v) is 7.93. The van der Waals surface area contributed by atoms with Crippen molar-refractivity contribution in [3.05, 3.63) is 65.6 Å². The third-order valence-electron chi connectivity index (χ3n) is 3.74. The highest BCUT2D eigenvalue weighted by Crippen LogP contribution is 2.21. The minimum Gasteiger partial charge on any atom is -0.326 e. The molecular weight excluding hydrogens is 335 g/mol. The number of H-pyrrole nitrogens is 1. The number of carbonyl (C=O) groups excluding carboxylic acids is 2. The average Bonchev–Trinajstić information content (AvgIpc) is 3.09. The molecule has 3 rings (SSSR count). The van der Waals surface area contributed by atoms with E-state index in [2.05, 4.69) is 20.8 Å². The van der Waals surface area contributed by atoms with E-state index in [4.69, 9.17) is 0 Å². The van der Waals surface area contributed by atoms with Crippen LogP contribution in [-0.2, 0) is 4.79 Å². The van der Waals surface area contributed by atoms with Gasteiger partial charge in [0.15, 0.2) is 0 Å². The van der Waals surface area contributed by atoms with Gasteiger partial charge in [0.2, 0.25) is 5.91 Å². The lowest BCUT2D eigenvalue weighted by Gasteiger charge is -2.05. The Morgan fingerprint density at radius 2 is 1.65 bits per heavy atom. The molecule has 26 heavy (non-hydrogen) atoms. The van der Waals surface area contributed by atoms with Gasteiger partial charge in [-0.05, 0) is 61.0 Å². The summed E-state index contributed by atoms with van der Waals surface area (Å²) < 4.78 is 13.4. The van der Waals surface area contributed by atoms with E-state index in [0.29, 0.717) is 22.6 Å². The van der Waals surface area contributed by atoms with Crippen molar-refractivity contribution in [1.82, 2.24) is 10.2 Å². The van der Waals surface area contributed by atoms with E-state index in [1.54, 1.807) is 49.4 Å². The number of aromatic nitrogens is 2. The smallest absolute Gasteiger partial charge is 0.273 e. The third kappa shape index (κ3) is 3.94. The van der Waals surface area contributed by atoms with Crippen LogP contribution in [0.1, 0.15) is 23.0 Å². The number of halogens is 1. The van der Waals surface area contributed by atoms with E-state index in [0.717, 1.165) is 5.56 Å². The Bertz CT molecular complexity index is 964. The molecule has 7 heteroatoms. The topological polar surface area (TPSA) is 86.9 Å². The van der Waals surface area contributed by atoms with Crippen LogP contribution in [0.25, 0.3) is 11.3 Å². The van der Waals surface area contributed by atoms with Gasteiger partial charge in [0.25, 0.3) is 5.91 Å². The van der Waals surface area contributed by atoms with Crippen molar-refractivity contribution in [2.45, 2.75) is 13.8 Å². The third-order valence-corrected chi connectivity index (χ3v) is 3.74. The van der Waals surface area contributed by atoms with E-state index in [9.17, 15) is 14.0 Å². The van der Waals surface area contributed by atoms with Gasteiger partial charge in [0.1, 0.15) is 11.5 Å². The summed E-state index contributed by atoms with van der Waals surface area (Å²) in [5.41, 5.74) is 3.30. The number of hydrogen-bond donors (Lipinski definition) is 3. The van der Waals surface area contributed by atoms with Gasteiger partial charge in [-0.1, -0.05) is 0 Å². The Kier molecular flexibility index (Phi) is 4.79. The molecule has 1 aromatic heterocycles. The van der Waals surface area contributed by atoms with Crippen molar-refractivity contribution in [1.29, 1.82) is 0 Å². The van der Waals surface area contributed by atoms with E-state index in [1.807, 2.05) is 0 Å². The Labute approximate surface area is 149 Å². The van der Waals surface area contributed by atoms with Crippen LogP contribution < -0.4 is 10.6 Å². The zero-order valence-corrected chi connectivity index (χ0v) is 14.3. The second kappa shape index (κ2) is 7.18. The molecular formula is C19H17FN4O2. The first kappa shape index (κ1) is 17.3. The van der Waals surface area contributed by atoms with Crippen molar-refractivity contribution in [2.24, 2.45) is 0 Å². The molecule has 0 bridgehead atoms. The number of anilines is 2. The predicted octanol–water partition coefficient (Wildman–Crippen LogP) is 3.73. The fraction of sp³-hybridized carbons (Fsp3) is 0.105. The maximum absolute atomic E-state index is 13.4. The SMILES string of the molecule is CC(=O)Nc1ccc(NC(=O)c2cc(-c3ccc(F)c(C)c3)n[nH]2)cc1. The first-order chi connectivity index (χ1) is 12.4. The summed E-state index contributed by atoms with van der Waals surface area (Å²) in [7, 11) is 0. The first-order valence-electron chi connectivity index (χ1n) is 7.93. The molecule has 0 saturated heterocycles. The molecule has 0 atom stereocenters. The van der Waals surface area contributed by atoms with Crippen molar-refractivity contribution < 1.29 is 14.0 Å². The summed E-state index contributed by atoms with van der Waals surface area (Å²) in [5.74, 6) is -0.803. The lowest BCUT2D eigenvalue weighted by molar-refractivity contribution is -0.114. The summed E-state index contributed by atoms with van der Waals surface area (Å²) in [6, 6.07) is 13.0. The van der Waals surface area contributed by atoms with Crippen LogP contribution in [0.3, 0.4) is 0 Å². The van der Waals surface area contributed by atoms with Crippen molar-refractivity contribution in [2.75, 3.05) is 10.6 Å². The summed E-state index contributed by atoms with van der Waals surface area (Å²) in [6.45, 7) is 3.10. The number of rotatable bonds is 4. The molecule has 0 fully saturated rings. The molecule has 0 aliphatic rings. The van der Waals surface area contributed by atoms with Crippen LogP contribution in [0.5, 0.6) is 0 Å². The quantitative estimate of drug-likeness (QED) is 0.668. The van der Waals surface area contributed by atoms with Crippen LogP contribution in [-0.4, -0.2) is 22.0 Å². The molecule has 2 amide bonds. The molecule has 3 N–H and O–H groups in total.